The highest BCUT2D eigenvalue weighted by Crippen LogP contribution is 2.41. The van der Waals surface area contributed by atoms with Crippen molar-refractivity contribution in [2.24, 2.45) is 5.92 Å². The molecule has 170 valence electrons. The smallest absolute Gasteiger partial charge is 0.229 e. The molecule has 32 heavy (non-hydrogen) atoms. The van der Waals surface area contributed by atoms with Gasteiger partial charge in [-0.3, -0.25) is 4.79 Å². The summed E-state index contributed by atoms with van der Waals surface area (Å²) in [5.41, 5.74) is 8.31. The molecule has 3 aliphatic rings. The quantitative estimate of drug-likeness (QED) is 0.474. The maximum absolute atomic E-state index is 12.9. The van der Waals surface area contributed by atoms with E-state index in [1.807, 2.05) is 4.57 Å². The van der Waals surface area contributed by atoms with Crippen molar-refractivity contribution in [2.75, 3.05) is 11.1 Å². The highest BCUT2D eigenvalue weighted by molar-refractivity contribution is 7.16. The molecule has 0 radical (unpaired) electrons. The zero-order valence-electron chi connectivity index (χ0n) is 17.3. The lowest BCUT2D eigenvalue weighted by atomic mass is 9.85. The fourth-order valence-corrected chi connectivity index (χ4v) is 6.52. The van der Waals surface area contributed by atoms with Crippen molar-refractivity contribution >= 4 is 63.4 Å². The zero-order valence-corrected chi connectivity index (χ0v) is 19.6. The Hall–Kier alpha value is -2.01. The van der Waals surface area contributed by atoms with E-state index in [1.165, 1.54) is 23.4 Å². The van der Waals surface area contributed by atoms with Crippen LogP contribution in [0.2, 0.25) is 5.28 Å². The van der Waals surface area contributed by atoms with Crippen LogP contribution >= 0.6 is 35.3 Å². The maximum Gasteiger partial charge on any atom is 0.229 e. The van der Waals surface area contributed by atoms with Gasteiger partial charge in [-0.25, -0.2) is 9.97 Å². The van der Waals surface area contributed by atoms with E-state index >= 15 is 0 Å². The Kier molecular flexibility index (Phi) is 5.73. The van der Waals surface area contributed by atoms with Gasteiger partial charge in [-0.1, -0.05) is 11.3 Å². The lowest BCUT2D eigenvalue weighted by Gasteiger charge is -2.28. The highest BCUT2D eigenvalue weighted by atomic mass is 35.5. The molecule has 2 bridgehead atoms. The summed E-state index contributed by atoms with van der Waals surface area (Å²) >= 11 is 7.62. The van der Waals surface area contributed by atoms with Crippen molar-refractivity contribution in [1.82, 2.24) is 29.8 Å². The number of carbonyl (C=O) groups excluding carboxylic acids is 1. The van der Waals surface area contributed by atoms with Gasteiger partial charge < -0.3 is 20.9 Å². The average Bonchev–Trinajstić information content (AvgIpc) is 3.46. The first-order valence-electron chi connectivity index (χ1n) is 10.8. The van der Waals surface area contributed by atoms with Gasteiger partial charge in [0.05, 0.1) is 12.0 Å². The SMILES string of the molecule is Cl.Nc1nc(Cl)nc2c1ncn2C1CCC(C(=O)Nc2nc3c(s2)[C@H]2CC[C@@H](C3)N2)CC1. The number of nitrogen functional groups attached to an aromatic ring is 1. The number of thiazole rings is 1. The lowest BCUT2D eigenvalue weighted by molar-refractivity contribution is -0.120. The molecule has 0 unspecified atom stereocenters. The molecule has 1 saturated heterocycles. The molecule has 3 aromatic rings. The van der Waals surface area contributed by atoms with Gasteiger partial charge in [-0.2, -0.15) is 9.97 Å². The molecule has 1 saturated carbocycles. The summed E-state index contributed by atoms with van der Waals surface area (Å²) in [7, 11) is 0. The average molecular weight is 495 g/mol. The monoisotopic (exact) mass is 494 g/mol. The van der Waals surface area contributed by atoms with Crippen molar-refractivity contribution in [3.8, 4) is 0 Å². The summed E-state index contributed by atoms with van der Waals surface area (Å²) < 4.78 is 2.02. The summed E-state index contributed by atoms with van der Waals surface area (Å²) in [6, 6.07) is 1.19. The molecule has 1 amide bonds. The molecule has 0 aromatic carbocycles. The van der Waals surface area contributed by atoms with Crippen molar-refractivity contribution < 1.29 is 4.79 Å². The molecule has 1 aliphatic carbocycles. The molecule has 2 aliphatic heterocycles. The van der Waals surface area contributed by atoms with Crippen LogP contribution in [0.4, 0.5) is 10.9 Å². The number of imidazole rings is 1. The molecule has 0 spiro atoms. The number of amides is 1. The summed E-state index contributed by atoms with van der Waals surface area (Å²) in [6.45, 7) is 0. The van der Waals surface area contributed by atoms with Gasteiger partial charge in [-0.15, -0.1) is 12.4 Å². The molecule has 4 N–H and O–H groups in total. The second kappa shape index (κ2) is 8.40. The molecule has 6 rings (SSSR count). The number of hydrogen-bond acceptors (Lipinski definition) is 8. The standard InChI is InChI=1S/C20H23ClN8OS.ClH/c21-19-26-16(22)14-17(27-19)29(8-23-14)11-4-1-9(2-5-11)18(30)28-20-25-13-7-10-3-6-12(24-10)15(13)31-20;/h8-12,24H,1-7H2,(H2,22,26,27)(H,25,28,30);1H/t9?,10-,11?,12+;/m0./s1. The first kappa shape index (κ1) is 21.8. The normalized spacial score (nSPS) is 26.5. The topological polar surface area (TPSA) is 124 Å². The Morgan fingerprint density at radius 1 is 1.19 bits per heavy atom. The van der Waals surface area contributed by atoms with Gasteiger partial charge in [0.25, 0.3) is 0 Å². The van der Waals surface area contributed by atoms with Gasteiger partial charge in [-0.05, 0) is 50.1 Å². The van der Waals surface area contributed by atoms with Crippen LogP contribution in [0.25, 0.3) is 11.2 Å². The fourth-order valence-electron chi connectivity index (χ4n) is 5.26. The minimum Gasteiger partial charge on any atom is -0.382 e. The Morgan fingerprint density at radius 3 is 2.81 bits per heavy atom. The van der Waals surface area contributed by atoms with Crippen molar-refractivity contribution in [2.45, 2.75) is 63.1 Å². The van der Waals surface area contributed by atoms with E-state index in [1.54, 1.807) is 17.7 Å². The molecule has 3 aromatic heterocycles. The van der Waals surface area contributed by atoms with E-state index in [2.05, 4.69) is 25.6 Å². The predicted molar refractivity (Wildman–Crippen MR) is 126 cm³/mol. The molecule has 2 fully saturated rings. The molecule has 2 atom stereocenters. The van der Waals surface area contributed by atoms with Crippen molar-refractivity contribution in [3.63, 3.8) is 0 Å². The molecular weight excluding hydrogens is 471 g/mol. The van der Waals surface area contributed by atoms with E-state index in [4.69, 9.17) is 22.3 Å². The third kappa shape index (κ3) is 3.72. The van der Waals surface area contributed by atoms with Crippen LogP contribution in [-0.4, -0.2) is 36.5 Å². The minimum atomic E-state index is -0.00942. The van der Waals surface area contributed by atoms with Gasteiger partial charge in [0.15, 0.2) is 16.6 Å². The third-order valence-electron chi connectivity index (χ3n) is 6.84. The lowest BCUT2D eigenvalue weighted by Crippen LogP contribution is -2.31. The van der Waals surface area contributed by atoms with Gasteiger partial charge in [0.1, 0.15) is 5.52 Å². The fraction of sp³-hybridized carbons (Fsp3) is 0.550. The van der Waals surface area contributed by atoms with E-state index in [0.717, 1.165) is 37.2 Å². The highest BCUT2D eigenvalue weighted by Gasteiger charge is 2.35. The predicted octanol–water partition coefficient (Wildman–Crippen LogP) is 3.66. The number of carbonyl (C=O) groups is 1. The number of nitrogens with two attached hydrogens (primary N) is 1. The summed E-state index contributed by atoms with van der Waals surface area (Å²) in [6.07, 6.45) is 8.46. The second-order valence-corrected chi connectivity index (χ2v) is 10.1. The number of fused-ring (bicyclic) bond motifs is 5. The van der Waals surface area contributed by atoms with Crippen molar-refractivity contribution in [3.05, 3.63) is 22.2 Å². The first-order valence-corrected chi connectivity index (χ1v) is 12.0. The van der Waals surface area contributed by atoms with E-state index in [9.17, 15) is 4.79 Å². The third-order valence-corrected chi connectivity index (χ3v) is 8.13. The van der Waals surface area contributed by atoms with E-state index < -0.39 is 0 Å². The Labute approximate surface area is 200 Å². The molecule has 5 heterocycles. The summed E-state index contributed by atoms with van der Waals surface area (Å²) in [5, 5.41) is 7.59. The van der Waals surface area contributed by atoms with E-state index in [-0.39, 0.29) is 41.4 Å². The van der Waals surface area contributed by atoms with Gasteiger partial charge in [0, 0.05) is 35.3 Å². The van der Waals surface area contributed by atoms with E-state index in [0.29, 0.717) is 23.2 Å². The van der Waals surface area contributed by atoms with Crippen LogP contribution in [0.15, 0.2) is 6.33 Å². The number of anilines is 2. The van der Waals surface area contributed by atoms with Gasteiger partial charge in [0.2, 0.25) is 11.2 Å². The summed E-state index contributed by atoms with van der Waals surface area (Å²) in [5.74, 6) is 0.356. The van der Waals surface area contributed by atoms with Crippen LogP contribution in [0.1, 0.15) is 61.2 Å². The van der Waals surface area contributed by atoms with Crippen LogP contribution in [-0.2, 0) is 11.2 Å². The largest absolute Gasteiger partial charge is 0.382 e. The number of nitrogens with zero attached hydrogens (tertiary/aromatic N) is 5. The van der Waals surface area contributed by atoms with Crippen molar-refractivity contribution in [1.29, 1.82) is 0 Å². The van der Waals surface area contributed by atoms with Crippen LogP contribution in [0.3, 0.4) is 0 Å². The zero-order chi connectivity index (χ0) is 21.1. The Morgan fingerprint density at radius 2 is 2.00 bits per heavy atom. The molecular formula is C20H24Cl2N8OS. The molecule has 9 nitrogen and oxygen atoms in total. The minimum absolute atomic E-state index is 0. The van der Waals surface area contributed by atoms with Crippen LogP contribution < -0.4 is 16.4 Å². The van der Waals surface area contributed by atoms with Crippen LogP contribution in [0, 0.1) is 5.92 Å². The number of hydrogen-bond donors (Lipinski definition) is 3. The molecule has 12 heteroatoms. The van der Waals surface area contributed by atoms with Crippen LogP contribution in [0.5, 0.6) is 0 Å². The first-order chi connectivity index (χ1) is 15.0. The second-order valence-electron chi connectivity index (χ2n) is 8.72. The number of aromatic nitrogens is 5. The number of rotatable bonds is 3. The summed E-state index contributed by atoms with van der Waals surface area (Å²) in [4.78, 5) is 31.6. The number of halogens is 2. The number of nitrogens with one attached hydrogen (secondary N) is 2. The maximum atomic E-state index is 12.9. The Balaban J connectivity index is 0.00000216. The van der Waals surface area contributed by atoms with Gasteiger partial charge >= 0.3 is 0 Å². The Bertz CT molecular complexity index is 1170.